The lowest BCUT2D eigenvalue weighted by Gasteiger charge is -2.19. The summed E-state index contributed by atoms with van der Waals surface area (Å²) in [5.74, 6) is -0.109. The molecule has 0 aliphatic carbocycles. The molecule has 2 heterocycles. The van der Waals surface area contributed by atoms with Crippen molar-refractivity contribution < 1.29 is 9.72 Å². The summed E-state index contributed by atoms with van der Waals surface area (Å²) in [5.41, 5.74) is -0.660. The van der Waals surface area contributed by atoms with Crippen molar-refractivity contribution in [2.24, 2.45) is 14.1 Å². The van der Waals surface area contributed by atoms with Crippen LogP contribution in [-0.2, 0) is 24.3 Å². The second-order valence-electron chi connectivity index (χ2n) is 8.60. The molecule has 0 fully saturated rings. The highest BCUT2D eigenvalue weighted by molar-refractivity contribution is 8.00. The number of nitro benzene ring substituents is 1. The van der Waals surface area contributed by atoms with E-state index in [1.165, 1.54) is 24.7 Å². The van der Waals surface area contributed by atoms with Gasteiger partial charge < -0.3 is 5.32 Å². The minimum absolute atomic E-state index is 0.0959. The molecule has 33 heavy (non-hydrogen) atoms. The predicted octanol–water partition coefficient (Wildman–Crippen LogP) is 2.27. The van der Waals surface area contributed by atoms with E-state index >= 15 is 0 Å². The molecule has 0 saturated heterocycles. The number of nitro groups is 1. The number of carbonyl (C=O) groups excluding carboxylic acids is 1. The standard InChI is InChI=1S/C21H24N6O5S/c1-11-7-8-12(9-13(11)27(31)32)22-14(28)10-33-17-15-16(23-19(24-17)21(2,3)4)25(5)20(30)26(6)18(15)29/h7-9H,10H2,1-6H3,(H,22,28). The second kappa shape index (κ2) is 8.77. The zero-order valence-electron chi connectivity index (χ0n) is 19.1. The molecule has 0 atom stereocenters. The summed E-state index contributed by atoms with van der Waals surface area (Å²) in [7, 11) is 2.89. The number of aromatic nitrogens is 4. The fraction of sp³-hybridized carbons (Fsp3) is 0.381. The fourth-order valence-electron chi connectivity index (χ4n) is 3.08. The number of benzene rings is 1. The van der Waals surface area contributed by atoms with E-state index in [0.717, 1.165) is 16.3 Å². The van der Waals surface area contributed by atoms with Crippen molar-refractivity contribution in [1.29, 1.82) is 0 Å². The van der Waals surface area contributed by atoms with Gasteiger partial charge in [0.1, 0.15) is 16.2 Å². The number of carbonyl (C=O) groups is 1. The van der Waals surface area contributed by atoms with Crippen LogP contribution in [0.2, 0.25) is 0 Å². The second-order valence-corrected chi connectivity index (χ2v) is 9.57. The van der Waals surface area contributed by atoms with Crippen LogP contribution in [0, 0.1) is 17.0 Å². The Kier molecular flexibility index (Phi) is 6.41. The topological polar surface area (TPSA) is 142 Å². The average molecular weight is 473 g/mol. The molecule has 12 heteroatoms. The number of hydrogen-bond donors (Lipinski definition) is 1. The number of nitrogens with zero attached hydrogens (tertiary/aromatic N) is 5. The van der Waals surface area contributed by atoms with Crippen LogP contribution in [0.4, 0.5) is 11.4 Å². The first kappa shape index (κ1) is 24.1. The smallest absolute Gasteiger partial charge is 0.325 e. The van der Waals surface area contributed by atoms with Crippen LogP contribution in [0.3, 0.4) is 0 Å². The van der Waals surface area contributed by atoms with E-state index in [4.69, 9.17) is 0 Å². The molecule has 0 bridgehead atoms. The van der Waals surface area contributed by atoms with Crippen molar-refractivity contribution in [2.75, 3.05) is 11.1 Å². The summed E-state index contributed by atoms with van der Waals surface area (Å²) in [5, 5.41) is 14.2. The fourth-order valence-corrected chi connectivity index (χ4v) is 3.90. The van der Waals surface area contributed by atoms with Gasteiger partial charge in [0.15, 0.2) is 5.65 Å². The van der Waals surface area contributed by atoms with Crippen LogP contribution in [0.15, 0.2) is 32.8 Å². The largest absolute Gasteiger partial charge is 0.332 e. The van der Waals surface area contributed by atoms with E-state index in [1.54, 1.807) is 19.1 Å². The number of thioether (sulfide) groups is 1. The molecule has 0 spiro atoms. The highest BCUT2D eigenvalue weighted by Gasteiger charge is 2.24. The van der Waals surface area contributed by atoms with Gasteiger partial charge in [0.25, 0.3) is 11.2 Å². The molecule has 0 aliphatic rings. The summed E-state index contributed by atoms with van der Waals surface area (Å²) < 4.78 is 2.25. The van der Waals surface area contributed by atoms with Gasteiger partial charge in [0, 0.05) is 36.8 Å². The minimum Gasteiger partial charge on any atom is -0.325 e. The molecule has 2 aromatic heterocycles. The summed E-state index contributed by atoms with van der Waals surface area (Å²) in [6.45, 7) is 7.32. The Morgan fingerprint density at radius 2 is 1.85 bits per heavy atom. The molecule has 0 unspecified atom stereocenters. The molecule has 174 valence electrons. The number of anilines is 1. The van der Waals surface area contributed by atoms with Gasteiger partial charge in [-0.05, 0) is 13.0 Å². The number of nitrogens with one attached hydrogen (secondary N) is 1. The number of aryl methyl sites for hydroxylation is 2. The van der Waals surface area contributed by atoms with E-state index in [2.05, 4.69) is 15.3 Å². The number of hydrogen-bond acceptors (Lipinski definition) is 8. The number of amides is 1. The van der Waals surface area contributed by atoms with Crippen LogP contribution >= 0.6 is 11.8 Å². The van der Waals surface area contributed by atoms with Crippen molar-refractivity contribution in [3.8, 4) is 0 Å². The van der Waals surface area contributed by atoms with Gasteiger partial charge in [0.2, 0.25) is 5.91 Å². The maximum Gasteiger partial charge on any atom is 0.332 e. The molecular formula is C21H24N6O5S. The minimum atomic E-state index is -0.550. The van der Waals surface area contributed by atoms with Crippen LogP contribution in [0.25, 0.3) is 11.0 Å². The molecular weight excluding hydrogens is 448 g/mol. The van der Waals surface area contributed by atoms with Gasteiger partial charge in [-0.1, -0.05) is 38.6 Å². The number of fused-ring (bicyclic) bond motifs is 1. The summed E-state index contributed by atoms with van der Waals surface area (Å²) >= 11 is 1.03. The van der Waals surface area contributed by atoms with Crippen molar-refractivity contribution in [3.05, 3.63) is 60.5 Å². The predicted molar refractivity (Wildman–Crippen MR) is 126 cm³/mol. The van der Waals surface area contributed by atoms with Crippen molar-refractivity contribution in [3.63, 3.8) is 0 Å². The Morgan fingerprint density at radius 1 is 1.18 bits per heavy atom. The Hall–Kier alpha value is -3.54. The molecule has 0 radical (unpaired) electrons. The third kappa shape index (κ3) is 4.80. The Bertz CT molecular complexity index is 1400. The third-order valence-electron chi connectivity index (χ3n) is 4.97. The van der Waals surface area contributed by atoms with Gasteiger partial charge >= 0.3 is 5.69 Å². The Labute approximate surface area is 193 Å². The zero-order chi connectivity index (χ0) is 24.7. The first-order valence-corrected chi connectivity index (χ1v) is 11.0. The van der Waals surface area contributed by atoms with Crippen molar-refractivity contribution in [2.45, 2.75) is 38.1 Å². The van der Waals surface area contributed by atoms with Gasteiger partial charge in [-0.2, -0.15) is 0 Å². The van der Waals surface area contributed by atoms with Crippen LogP contribution in [0.1, 0.15) is 32.2 Å². The first-order valence-electron chi connectivity index (χ1n) is 9.97. The van der Waals surface area contributed by atoms with Crippen LogP contribution < -0.4 is 16.6 Å². The Balaban J connectivity index is 1.98. The number of rotatable bonds is 5. The molecule has 0 saturated carbocycles. The first-order chi connectivity index (χ1) is 15.3. The molecule has 11 nitrogen and oxygen atoms in total. The monoisotopic (exact) mass is 472 g/mol. The van der Waals surface area contributed by atoms with E-state index in [-0.39, 0.29) is 27.5 Å². The van der Waals surface area contributed by atoms with Gasteiger partial charge in [-0.15, -0.1) is 0 Å². The summed E-state index contributed by atoms with van der Waals surface area (Å²) in [4.78, 5) is 57.4. The third-order valence-corrected chi connectivity index (χ3v) is 5.94. The van der Waals surface area contributed by atoms with Crippen molar-refractivity contribution in [1.82, 2.24) is 19.1 Å². The SMILES string of the molecule is Cc1ccc(NC(=O)CSc2nc(C(C)(C)C)nc3c2c(=O)n(C)c(=O)n3C)cc1[N+](=O)[O-]. The lowest BCUT2D eigenvalue weighted by molar-refractivity contribution is -0.385. The van der Waals surface area contributed by atoms with Gasteiger partial charge in [-0.3, -0.25) is 28.8 Å². The molecule has 1 N–H and O–H groups in total. The van der Waals surface area contributed by atoms with Gasteiger partial charge in [-0.25, -0.2) is 14.8 Å². The molecule has 0 aliphatic heterocycles. The summed E-state index contributed by atoms with van der Waals surface area (Å²) in [6, 6.07) is 4.42. The van der Waals surface area contributed by atoms with E-state index < -0.39 is 27.5 Å². The summed E-state index contributed by atoms with van der Waals surface area (Å²) in [6.07, 6.45) is 0. The quantitative estimate of drug-likeness (QED) is 0.258. The molecule has 1 amide bonds. The maximum absolute atomic E-state index is 12.8. The van der Waals surface area contributed by atoms with E-state index in [1.807, 2.05) is 20.8 Å². The normalized spacial score (nSPS) is 11.6. The molecule has 1 aromatic carbocycles. The van der Waals surface area contributed by atoms with Crippen LogP contribution in [-0.4, -0.2) is 35.7 Å². The molecule has 3 rings (SSSR count). The van der Waals surface area contributed by atoms with E-state index in [0.29, 0.717) is 17.1 Å². The lowest BCUT2D eigenvalue weighted by atomic mass is 9.96. The van der Waals surface area contributed by atoms with Crippen LogP contribution in [0.5, 0.6) is 0 Å². The zero-order valence-corrected chi connectivity index (χ0v) is 19.9. The van der Waals surface area contributed by atoms with E-state index in [9.17, 15) is 24.5 Å². The maximum atomic E-state index is 12.8. The highest BCUT2D eigenvalue weighted by Crippen LogP contribution is 2.27. The average Bonchev–Trinajstić information content (AvgIpc) is 2.74. The highest BCUT2D eigenvalue weighted by atomic mass is 32.2. The lowest BCUT2D eigenvalue weighted by Crippen LogP contribution is -2.38. The van der Waals surface area contributed by atoms with Gasteiger partial charge in [0.05, 0.1) is 10.7 Å². The Morgan fingerprint density at radius 3 is 2.45 bits per heavy atom. The molecule has 3 aromatic rings. The van der Waals surface area contributed by atoms with Crippen molar-refractivity contribution >= 4 is 40.1 Å².